The van der Waals surface area contributed by atoms with Gasteiger partial charge in [-0.05, 0) is 42.8 Å². The minimum atomic E-state index is -4.76. The minimum absolute atomic E-state index is 0.0123. The van der Waals surface area contributed by atoms with Crippen LogP contribution in [0.15, 0.2) is 35.2 Å². The maximum absolute atomic E-state index is 14.4. The van der Waals surface area contributed by atoms with Gasteiger partial charge in [-0.1, -0.05) is 0 Å². The summed E-state index contributed by atoms with van der Waals surface area (Å²) < 4.78 is 109. The van der Waals surface area contributed by atoms with E-state index in [1.807, 2.05) is 0 Å². The zero-order valence-corrected chi connectivity index (χ0v) is 18.5. The third-order valence-corrected chi connectivity index (χ3v) is 6.28. The Hall–Kier alpha value is -2.76. The van der Waals surface area contributed by atoms with Gasteiger partial charge in [-0.15, -0.1) is 0 Å². The normalized spacial score (nSPS) is 15.4. The van der Waals surface area contributed by atoms with Gasteiger partial charge in [0, 0.05) is 37.4 Å². The van der Waals surface area contributed by atoms with Crippen molar-refractivity contribution in [3.63, 3.8) is 0 Å². The highest BCUT2D eigenvalue weighted by molar-refractivity contribution is 7.90. The molecule has 1 unspecified atom stereocenters. The fourth-order valence-corrected chi connectivity index (χ4v) is 3.95. The molecule has 0 spiro atoms. The summed E-state index contributed by atoms with van der Waals surface area (Å²) in [6.07, 6.45) is -6.22. The lowest BCUT2D eigenvalue weighted by Gasteiger charge is -2.22. The molecule has 180 valence electrons. The number of nitrogens with zero attached hydrogens (tertiary/aromatic N) is 1. The van der Waals surface area contributed by atoms with E-state index in [4.69, 9.17) is 4.74 Å². The van der Waals surface area contributed by atoms with Crippen LogP contribution in [0.1, 0.15) is 40.9 Å². The molecule has 1 amide bonds. The predicted octanol–water partition coefficient (Wildman–Crippen LogP) is 4.83. The molecule has 2 aromatic carbocycles. The number of hydrogen-bond acceptors (Lipinski definition) is 4. The lowest BCUT2D eigenvalue weighted by Crippen LogP contribution is -2.32. The molecule has 2 aromatic rings. The highest BCUT2D eigenvalue weighted by Gasteiger charge is 2.39. The number of halogens is 6. The molecule has 3 rings (SSSR count). The smallest absolute Gasteiger partial charge is 0.425 e. The number of benzene rings is 2. The Morgan fingerprint density at radius 1 is 1.09 bits per heavy atom. The third-order valence-electron chi connectivity index (χ3n) is 5.17. The van der Waals surface area contributed by atoms with Crippen LogP contribution < -0.4 is 4.74 Å². The van der Waals surface area contributed by atoms with Gasteiger partial charge in [0.15, 0.2) is 15.9 Å². The molecule has 1 atom stereocenters. The summed E-state index contributed by atoms with van der Waals surface area (Å²) in [6, 6.07) is 4.53. The van der Waals surface area contributed by atoms with Crippen molar-refractivity contribution in [1.29, 1.82) is 0 Å². The molecule has 0 aromatic heterocycles. The Bertz CT molecular complexity index is 1200. The van der Waals surface area contributed by atoms with Crippen molar-refractivity contribution in [2.45, 2.75) is 50.0 Å². The topological polar surface area (TPSA) is 63.7 Å². The maximum atomic E-state index is 14.4. The highest BCUT2D eigenvalue weighted by atomic mass is 32.2. The monoisotopic (exact) mass is 495 g/mol. The molecule has 1 aliphatic heterocycles. The molecule has 0 bridgehead atoms. The molecule has 0 N–H and O–H groups in total. The summed E-state index contributed by atoms with van der Waals surface area (Å²) in [5, 5.41) is 0. The van der Waals surface area contributed by atoms with Crippen molar-refractivity contribution in [3.05, 3.63) is 58.4 Å². The number of rotatable bonds is 5. The van der Waals surface area contributed by atoms with E-state index in [9.17, 15) is 39.6 Å². The van der Waals surface area contributed by atoms with E-state index >= 15 is 0 Å². The standard InChI is InChI=1S/C21H19F6NO4S/c1-11(21(25,26)27)32-18-5-4-14(33(3,30)31)8-15(18)19(29)28-9-12-6-13(20(2,23)24)7-17(22)16(12)10-28/h4-8,11H,9-10H2,1-3H3. The lowest BCUT2D eigenvalue weighted by molar-refractivity contribution is -0.189. The van der Waals surface area contributed by atoms with Crippen LogP contribution in [0.2, 0.25) is 0 Å². The van der Waals surface area contributed by atoms with Gasteiger partial charge in [-0.25, -0.2) is 21.6 Å². The Morgan fingerprint density at radius 3 is 2.27 bits per heavy atom. The zero-order chi connectivity index (χ0) is 24.9. The van der Waals surface area contributed by atoms with E-state index in [0.29, 0.717) is 19.9 Å². The van der Waals surface area contributed by atoms with Crippen molar-refractivity contribution in [3.8, 4) is 5.75 Å². The van der Waals surface area contributed by atoms with Gasteiger partial charge in [-0.2, -0.15) is 13.2 Å². The van der Waals surface area contributed by atoms with Crippen LogP contribution in [0.5, 0.6) is 5.75 Å². The van der Waals surface area contributed by atoms with Gasteiger partial charge in [0.25, 0.3) is 11.8 Å². The molecule has 0 saturated carbocycles. The molecular weight excluding hydrogens is 476 g/mol. The Balaban J connectivity index is 2.00. The Labute approximate surface area is 185 Å². The van der Waals surface area contributed by atoms with Crippen LogP contribution in [0, 0.1) is 5.82 Å². The summed E-state index contributed by atoms with van der Waals surface area (Å²) >= 11 is 0. The quantitative estimate of drug-likeness (QED) is 0.558. The highest BCUT2D eigenvalue weighted by Crippen LogP contribution is 2.36. The second-order valence-electron chi connectivity index (χ2n) is 7.88. The molecule has 33 heavy (non-hydrogen) atoms. The van der Waals surface area contributed by atoms with Crippen LogP contribution in [0.25, 0.3) is 0 Å². The van der Waals surface area contributed by atoms with E-state index < -0.39 is 56.6 Å². The molecular formula is C21H19F6NO4S. The van der Waals surface area contributed by atoms with Gasteiger partial charge in [-0.3, -0.25) is 4.79 Å². The van der Waals surface area contributed by atoms with Gasteiger partial charge in [0.2, 0.25) is 0 Å². The third kappa shape index (κ3) is 5.26. The van der Waals surface area contributed by atoms with Gasteiger partial charge in [0.05, 0.1) is 10.5 Å². The average molecular weight is 495 g/mol. The second-order valence-corrected chi connectivity index (χ2v) is 9.89. The first-order valence-electron chi connectivity index (χ1n) is 9.55. The van der Waals surface area contributed by atoms with Gasteiger partial charge in [0.1, 0.15) is 11.6 Å². The van der Waals surface area contributed by atoms with Crippen molar-refractivity contribution in [2.75, 3.05) is 6.26 Å². The van der Waals surface area contributed by atoms with E-state index in [1.165, 1.54) is 0 Å². The first-order chi connectivity index (χ1) is 15.0. The van der Waals surface area contributed by atoms with Crippen molar-refractivity contribution < 1.29 is 44.3 Å². The van der Waals surface area contributed by atoms with E-state index in [0.717, 1.165) is 35.4 Å². The number of alkyl halides is 5. The molecule has 5 nitrogen and oxygen atoms in total. The zero-order valence-electron chi connectivity index (χ0n) is 17.6. The predicted molar refractivity (Wildman–Crippen MR) is 105 cm³/mol. The molecule has 1 heterocycles. The fourth-order valence-electron chi connectivity index (χ4n) is 3.30. The Morgan fingerprint density at radius 2 is 1.73 bits per heavy atom. The van der Waals surface area contributed by atoms with Crippen LogP contribution >= 0.6 is 0 Å². The SMILES string of the molecule is CC(Oc1ccc(S(C)(=O)=O)cc1C(=O)N1Cc2cc(C(C)(F)F)cc(F)c2C1)C(F)(F)F. The van der Waals surface area contributed by atoms with Gasteiger partial charge < -0.3 is 9.64 Å². The average Bonchev–Trinajstić information content (AvgIpc) is 3.10. The lowest BCUT2D eigenvalue weighted by atomic mass is 10.0. The van der Waals surface area contributed by atoms with Crippen LogP contribution in [-0.2, 0) is 28.8 Å². The summed E-state index contributed by atoms with van der Waals surface area (Å²) in [7, 11) is -3.83. The fraction of sp³-hybridized carbons (Fsp3) is 0.381. The minimum Gasteiger partial charge on any atom is -0.480 e. The first kappa shape index (κ1) is 24.9. The number of carbonyl (C=O) groups excluding carboxylic acids is 1. The molecule has 12 heteroatoms. The van der Waals surface area contributed by atoms with Crippen LogP contribution in [0.4, 0.5) is 26.3 Å². The summed E-state index contributed by atoms with van der Waals surface area (Å²) in [6.45, 7) is 0.666. The second kappa shape index (κ2) is 8.23. The number of fused-ring (bicyclic) bond motifs is 1. The van der Waals surface area contributed by atoms with Crippen molar-refractivity contribution in [1.82, 2.24) is 4.90 Å². The number of carbonyl (C=O) groups is 1. The molecule has 0 saturated heterocycles. The van der Waals surface area contributed by atoms with Crippen LogP contribution in [-0.4, -0.2) is 37.8 Å². The Kier molecular flexibility index (Phi) is 6.20. The number of sulfone groups is 1. The number of ether oxygens (including phenoxy) is 1. The summed E-state index contributed by atoms with van der Waals surface area (Å²) in [5.41, 5.74) is -0.967. The van der Waals surface area contributed by atoms with Crippen molar-refractivity contribution >= 4 is 15.7 Å². The largest absolute Gasteiger partial charge is 0.480 e. The summed E-state index contributed by atoms with van der Waals surface area (Å²) in [5.74, 6) is -5.74. The molecule has 0 radical (unpaired) electrons. The number of amides is 1. The van der Waals surface area contributed by atoms with Gasteiger partial charge >= 0.3 is 6.18 Å². The first-order valence-corrected chi connectivity index (χ1v) is 11.4. The van der Waals surface area contributed by atoms with E-state index in [1.54, 1.807) is 0 Å². The maximum Gasteiger partial charge on any atom is 0.425 e. The van der Waals surface area contributed by atoms with Crippen molar-refractivity contribution in [2.24, 2.45) is 0 Å². The van der Waals surface area contributed by atoms with E-state index in [-0.39, 0.29) is 29.1 Å². The molecule has 0 fully saturated rings. The summed E-state index contributed by atoms with van der Waals surface area (Å²) in [4.78, 5) is 13.8. The molecule has 0 aliphatic carbocycles. The number of hydrogen-bond donors (Lipinski definition) is 0. The van der Waals surface area contributed by atoms with E-state index in [2.05, 4.69) is 0 Å². The van der Waals surface area contributed by atoms with Crippen LogP contribution in [0.3, 0.4) is 0 Å². The molecule has 1 aliphatic rings.